The Morgan fingerprint density at radius 3 is 2.24 bits per heavy atom. The summed E-state index contributed by atoms with van der Waals surface area (Å²) in [5, 5.41) is 0. The molecule has 0 saturated heterocycles. The van der Waals surface area contributed by atoms with E-state index in [1.807, 2.05) is 30.3 Å². The molecule has 1 aromatic heterocycles. The van der Waals surface area contributed by atoms with E-state index in [2.05, 4.69) is 4.98 Å². The molecular formula is C14H13F2N. The first-order valence-electron chi connectivity index (χ1n) is 5.51. The third-order valence-corrected chi connectivity index (χ3v) is 2.67. The van der Waals surface area contributed by atoms with E-state index in [1.165, 1.54) is 24.5 Å². The number of hydrogen-bond donors (Lipinski definition) is 0. The quantitative estimate of drug-likeness (QED) is 0.782. The van der Waals surface area contributed by atoms with Crippen molar-refractivity contribution in [1.82, 2.24) is 4.98 Å². The highest BCUT2D eigenvalue weighted by Crippen LogP contribution is 2.32. The van der Waals surface area contributed by atoms with Gasteiger partial charge in [0.2, 0.25) is 0 Å². The molecule has 0 spiro atoms. The molecule has 0 atom stereocenters. The standard InChI is InChI=1S/C14H13F2N/c15-14(16,13-7-10-17-11-8-13)9-6-12-4-2-1-3-5-12/h1-5,7-8,10-11H,6,9H2. The predicted molar refractivity (Wildman–Crippen MR) is 62.9 cm³/mol. The molecule has 2 rings (SSSR count). The lowest BCUT2D eigenvalue weighted by Crippen LogP contribution is -2.14. The van der Waals surface area contributed by atoms with Crippen LogP contribution in [0.4, 0.5) is 8.78 Å². The second-order valence-corrected chi connectivity index (χ2v) is 3.93. The van der Waals surface area contributed by atoms with Gasteiger partial charge in [-0.3, -0.25) is 4.98 Å². The summed E-state index contributed by atoms with van der Waals surface area (Å²) in [6.07, 6.45) is 2.98. The summed E-state index contributed by atoms with van der Waals surface area (Å²) >= 11 is 0. The topological polar surface area (TPSA) is 12.9 Å². The maximum absolute atomic E-state index is 13.8. The Kier molecular flexibility index (Phi) is 3.47. The zero-order valence-corrected chi connectivity index (χ0v) is 9.31. The SMILES string of the molecule is FC(F)(CCc1ccccc1)c1ccncc1. The largest absolute Gasteiger partial charge is 0.273 e. The molecule has 0 bridgehead atoms. The number of benzene rings is 1. The monoisotopic (exact) mass is 233 g/mol. The van der Waals surface area contributed by atoms with E-state index in [4.69, 9.17) is 0 Å². The average molecular weight is 233 g/mol. The maximum atomic E-state index is 13.8. The highest BCUT2D eigenvalue weighted by atomic mass is 19.3. The second kappa shape index (κ2) is 5.04. The zero-order valence-electron chi connectivity index (χ0n) is 9.31. The molecule has 1 nitrogen and oxygen atoms in total. The molecule has 17 heavy (non-hydrogen) atoms. The molecule has 0 N–H and O–H groups in total. The van der Waals surface area contributed by atoms with Crippen molar-refractivity contribution in [2.45, 2.75) is 18.8 Å². The van der Waals surface area contributed by atoms with Crippen LogP contribution >= 0.6 is 0 Å². The summed E-state index contributed by atoms with van der Waals surface area (Å²) in [5.41, 5.74) is 0.963. The number of hydrogen-bond acceptors (Lipinski definition) is 1. The van der Waals surface area contributed by atoms with Crippen LogP contribution < -0.4 is 0 Å². The van der Waals surface area contributed by atoms with Gasteiger partial charge in [-0.1, -0.05) is 30.3 Å². The summed E-state index contributed by atoms with van der Waals surface area (Å²) in [6, 6.07) is 12.1. The van der Waals surface area contributed by atoms with Gasteiger partial charge in [0, 0.05) is 24.4 Å². The highest BCUT2D eigenvalue weighted by Gasteiger charge is 2.30. The Hall–Kier alpha value is -1.77. The summed E-state index contributed by atoms with van der Waals surface area (Å²) in [6.45, 7) is 0. The van der Waals surface area contributed by atoms with E-state index < -0.39 is 5.92 Å². The predicted octanol–water partition coefficient (Wildman–Crippen LogP) is 3.81. The maximum Gasteiger partial charge on any atom is 0.273 e. The third-order valence-electron chi connectivity index (χ3n) is 2.67. The lowest BCUT2D eigenvalue weighted by Gasteiger charge is -2.16. The number of halogens is 2. The average Bonchev–Trinajstić information content (AvgIpc) is 2.39. The van der Waals surface area contributed by atoms with Gasteiger partial charge in [-0.05, 0) is 24.1 Å². The fraction of sp³-hybridized carbons (Fsp3) is 0.214. The molecule has 3 heteroatoms. The molecule has 0 unspecified atom stereocenters. The molecule has 1 aromatic carbocycles. The zero-order chi connectivity index (χ0) is 12.1. The lowest BCUT2D eigenvalue weighted by molar-refractivity contribution is -0.0131. The third kappa shape index (κ3) is 3.09. The summed E-state index contributed by atoms with van der Waals surface area (Å²) in [5.74, 6) is -2.79. The number of rotatable bonds is 4. The molecule has 0 aliphatic rings. The van der Waals surface area contributed by atoms with E-state index in [0.717, 1.165) is 5.56 Å². The molecule has 1 heterocycles. The first-order chi connectivity index (χ1) is 8.18. The van der Waals surface area contributed by atoms with Gasteiger partial charge in [0.15, 0.2) is 0 Å². The van der Waals surface area contributed by atoms with Crippen LogP contribution in [0.25, 0.3) is 0 Å². The molecule has 0 fully saturated rings. The minimum atomic E-state index is -2.79. The van der Waals surface area contributed by atoms with Crippen LogP contribution in [0.2, 0.25) is 0 Å². The highest BCUT2D eigenvalue weighted by molar-refractivity contribution is 5.19. The molecule has 0 saturated carbocycles. The Morgan fingerprint density at radius 2 is 1.59 bits per heavy atom. The van der Waals surface area contributed by atoms with Crippen molar-refractivity contribution < 1.29 is 8.78 Å². The van der Waals surface area contributed by atoms with E-state index in [-0.39, 0.29) is 12.0 Å². The summed E-state index contributed by atoms with van der Waals surface area (Å²) in [7, 11) is 0. The van der Waals surface area contributed by atoms with Crippen LogP contribution in [0, 0.1) is 0 Å². The van der Waals surface area contributed by atoms with Gasteiger partial charge in [-0.25, -0.2) is 8.78 Å². The Morgan fingerprint density at radius 1 is 0.941 bits per heavy atom. The molecule has 0 amide bonds. The van der Waals surface area contributed by atoms with Gasteiger partial charge < -0.3 is 0 Å². The van der Waals surface area contributed by atoms with E-state index in [0.29, 0.717) is 6.42 Å². The van der Waals surface area contributed by atoms with Crippen LogP contribution in [-0.2, 0) is 12.3 Å². The van der Waals surface area contributed by atoms with Gasteiger partial charge in [-0.2, -0.15) is 0 Å². The van der Waals surface area contributed by atoms with Crippen molar-refractivity contribution in [2.24, 2.45) is 0 Å². The van der Waals surface area contributed by atoms with Gasteiger partial charge in [-0.15, -0.1) is 0 Å². The smallest absolute Gasteiger partial charge is 0.265 e. The number of nitrogens with zero attached hydrogens (tertiary/aromatic N) is 1. The van der Waals surface area contributed by atoms with Crippen LogP contribution in [-0.4, -0.2) is 4.98 Å². The van der Waals surface area contributed by atoms with Crippen molar-refractivity contribution in [3.8, 4) is 0 Å². The van der Waals surface area contributed by atoms with E-state index in [1.54, 1.807) is 0 Å². The molecule has 2 aromatic rings. The van der Waals surface area contributed by atoms with Gasteiger partial charge in [0.25, 0.3) is 5.92 Å². The Bertz CT molecular complexity index is 454. The fourth-order valence-electron chi connectivity index (χ4n) is 1.69. The van der Waals surface area contributed by atoms with Crippen LogP contribution in [0.15, 0.2) is 54.9 Å². The molecule has 0 radical (unpaired) electrons. The first kappa shape index (κ1) is 11.7. The van der Waals surface area contributed by atoms with Crippen molar-refractivity contribution in [3.63, 3.8) is 0 Å². The Balaban J connectivity index is 2.03. The van der Waals surface area contributed by atoms with Crippen LogP contribution in [0.3, 0.4) is 0 Å². The molecular weight excluding hydrogens is 220 g/mol. The van der Waals surface area contributed by atoms with Gasteiger partial charge in [0.05, 0.1) is 0 Å². The van der Waals surface area contributed by atoms with Crippen LogP contribution in [0.5, 0.6) is 0 Å². The molecule has 0 aliphatic carbocycles. The summed E-state index contributed by atoms with van der Waals surface area (Å²) < 4.78 is 27.6. The lowest BCUT2D eigenvalue weighted by atomic mass is 10.0. The number of aryl methyl sites for hydroxylation is 1. The number of aromatic nitrogens is 1. The van der Waals surface area contributed by atoms with Crippen molar-refractivity contribution in [2.75, 3.05) is 0 Å². The molecule has 88 valence electrons. The van der Waals surface area contributed by atoms with Crippen molar-refractivity contribution >= 4 is 0 Å². The van der Waals surface area contributed by atoms with Crippen LogP contribution in [0.1, 0.15) is 17.5 Å². The van der Waals surface area contributed by atoms with E-state index >= 15 is 0 Å². The van der Waals surface area contributed by atoms with Gasteiger partial charge >= 0.3 is 0 Å². The van der Waals surface area contributed by atoms with E-state index in [9.17, 15) is 8.78 Å². The van der Waals surface area contributed by atoms with Crippen molar-refractivity contribution in [1.29, 1.82) is 0 Å². The van der Waals surface area contributed by atoms with Gasteiger partial charge in [0.1, 0.15) is 0 Å². The van der Waals surface area contributed by atoms with Crippen molar-refractivity contribution in [3.05, 3.63) is 66.0 Å². The number of pyridine rings is 1. The molecule has 0 aliphatic heterocycles. The Labute approximate surface area is 99.1 Å². The normalized spacial score (nSPS) is 11.4. The summed E-state index contributed by atoms with van der Waals surface area (Å²) in [4.78, 5) is 3.74. The fourth-order valence-corrected chi connectivity index (χ4v) is 1.69. The minimum Gasteiger partial charge on any atom is -0.265 e. The minimum absolute atomic E-state index is 0.0310. The first-order valence-corrected chi connectivity index (χ1v) is 5.51. The second-order valence-electron chi connectivity index (χ2n) is 3.93. The number of alkyl halides is 2.